The maximum atomic E-state index is 12.8. The Kier molecular flexibility index (Phi) is 2.45. The molecule has 3 heteroatoms. The Morgan fingerprint density at radius 2 is 2.27 bits per heavy atom. The zero-order chi connectivity index (χ0) is 8.43. The van der Waals surface area contributed by atoms with Crippen molar-refractivity contribution < 1.29 is 4.39 Å². The highest BCUT2D eigenvalue weighted by Crippen LogP contribution is 2.21. The highest BCUT2D eigenvalue weighted by Gasteiger charge is 2.33. The van der Waals surface area contributed by atoms with Gasteiger partial charge in [0.05, 0.1) is 6.07 Å². The fourth-order valence-corrected chi connectivity index (χ4v) is 1.51. The molecule has 0 bridgehead atoms. The number of likely N-dealkylation sites (tertiary alicyclic amines) is 1. The first-order chi connectivity index (χ1) is 5.15. The van der Waals surface area contributed by atoms with Crippen molar-refractivity contribution in [1.29, 1.82) is 5.26 Å². The summed E-state index contributed by atoms with van der Waals surface area (Å²) in [5.41, 5.74) is 0. The van der Waals surface area contributed by atoms with E-state index >= 15 is 0 Å². The number of halogens is 1. The maximum Gasteiger partial charge on any atom is 0.115 e. The fraction of sp³-hybridized carbons (Fsp3) is 0.875. The standard InChI is InChI=1S/C8H13FN2/c1-6(2)11-5-7(9)3-8(11)4-10/h6-8H,3,5H2,1-2H3/t7-,8-/m0/s1. The first-order valence-electron chi connectivity index (χ1n) is 3.94. The van der Waals surface area contributed by atoms with E-state index in [0.29, 0.717) is 13.0 Å². The molecule has 0 amide bonds. The van der Waals surface area contributed by atoms with Crippen LogP contribution in [0, 0.1) is 11.3 Å². The second kappa shape index (κ2) is 3.19. The predicted octanol–water partition coefficient (Wildman–Crippen LogP) is 1.33. The quantitative estimate of drug-likeness (QED) is 0.572. The number of rotatable bonds is 1. The average Bonchev–Trinajstić information content (AvgIpc) is 2.30. The fourth-order valence-electron chi connectivity index (χ4n) is 1.51. The van der Waals surface area contributed by atoms with Gasteiger partial charge in [0.25, 0.3) is 0 Å². The molecule has 0 spiro atoms. The SMILES string of the molecule is CC(C)N1C[C@@H](F)C[C@H]1C#N. The molecule has 0 saturated carbocycles. The summed E-state index contributed by atoms with van der Waals surface area (Å²) in [6, 6.07) is 2.19. The van der Waals surface area contributed by atoms with E-state index in [2.05, 4.69) is 6.07 Å². The zero-order valence-corrected chi connectivity index (χ0v) is 6.92. The van der Waals surface area contributed by atoms with Crippen LogP contribution in [0.5, 0.6) is 0 Å². The summed E-state index contributed by atoms with van der Waals surface area (Å²) in [6.07, 6.45) is -0.420. The molecule has 1 rings (SSSR count). The van der Waals surface area contributed by atoms with Gasteiger partial charge in [-0.15, -0.1) is 0 Å². The van der Waals surface area contributed by atoms with Gasteiger partial charge in [0.1, 0.15) is 12.2 Å². The van der Waals surface area contributed by atoms with E-state index in [1.54, 1.807) is 0 Å². The lowest BCUT2D eigenvalue weighted by Crippen LogP contribution is -2.34. The smallest absolute Gasteiger partial charge is 0.115 e. The van der Waals surface area contributed by atoms with Gasteiger partial charge in [-0.3, -0.25) is 4.90 Å². The van der Waals surface area contributed by atoms with Crippen LogP contribution in [0.15, 0.2) is 0 Å². The van der Waals surface area contributed by atoms with Crippen LogP contribution in [0.4, 0.5) is 4.39 Å². The second-order valence-corrected chi connectivity index (χ2v) is 3.27. The second-order valence-electron chi connectivity index (χ2n) is 3.27. The molecule has 11 heavy (non-hydrogen) atoms. The number of hydrogen-bond acceptors (Lipinski definition) is 2. The summed E-state index contributed by atoms with van der Waals surface area (Å²) < 4.78 is 12.8. The van der Waals surface area contributed by atoms with Gasteiger partial charge < -0.3 is 0 Å². The molecule has 2 atom stereocenters. The molecular formula is C8H13FN2. The van der Waals surface area contributed by atoms with Crippen LogP contribution >= 0.6 is 0 Å². The first-order valence-corrected chi connectivity index (χ1v) is 3.94. The van der Waals surface area contributed by atoms with E-state index in [4.69, 9.17) is 5.26 Å². The summed E-state index contributed by atoms with van der Waals surface area (Å²) in [4.78, 5) is 1.91. The van der Waals surface area contributed by atoms with Gasteiger partial charge in [0.15, 0.2) is 0 Å². The molecule has 1 saturated heterocycles. The molecule has 0 aromatic heterocycles. The van der Waals surface area contributed by atoms with Gasteiger partial charge in [-0.2, -0.15) is 5.26 Å². The maximum absolute atomic E-state index is 12.8. The lowest BCUT2D eigenvalue weighted by atomic mass is 10.2. The number of nitrogens with zero attached hydrogens (tertiary/aromatic N) is 2. The van der Waals surface area contributed by atoms with Crippen molar-refractivity contribution in [1.82, 2.24) is 4.90 Å². The zero-order valence-electron chi connectivity index (χ0n) is 6.92. The molecule has 0 aromatic carbocycles. The van der Waals surface area contributed by atoms with Gasteiger partial charge in [-0.1, -0.05) is 0 Å². The topological polar surface area (TPSA) is 27.0 Å². The third-order valence-corrected chi connectivity index (χ3v) is 2.10. The number of hydrogen-bond donors (Lipinski definition) is 0. The summed E-state index contributed by atoms with van der Waals surface area (Å²) in [6.45, 7) is 4.40. The molecule has 0 N–H and O–H groups in total. The monoisotopic (exact) mass is 156 g/mol. The predicted molar refractivity (Wildman–Crippen MR) is 40.8 cm³/mol. The molecule has 1 aliphatic heterocycles. The van der Waals surface area contributed by atoms with E-state index in [1.165, 1.54) is 0 Å². The van der Waals surface area contributed by atoms with E-state index in [0.717, 1.165) is 0 Å². The number of nitriles is 1. The minimum absolute atomic E-state index is 0.204. The van der Waals surface area contributed by atoms with Gasteiger partial charge >= 0.3 is 0 Å². The lowest BCUT2D eigenvalue weighted by molar-refractivity contribution is 0.222. The highest BCUT2D eigenvalue weighted by molar-refractivity contribution is 5.00. The Morgan fingerprint density at radius 1 is 1.64 bits per heavy atom. The third kappa shape index (κ3) is 1.69. The number of alkyl halides is 1. The van der Waals surface area contributed by atoms with Crippen molar-refractivity contribution in [3.8, 4) is 6.07 Å². The van der Waals surface area contributed by atoms with Crippen LogP contribution in [-0.4, -0.2) is 29.7 Å². The van der Waals surface area contributed by atoms with Crippen molar-refractivity contribution in [3.05, 3.63) is 0 Å². The largest absolute Gasteiger partial charge is 0.283 e. The van der Waals surface area contributed by atoms with Crippen molar-refractivity contribution in [2.75, 3.05) is 6.54 Å². The van der Waals surface area contributed by atoms with E-state index in [9.17, 15) is 4.39 Å². The van der Waals surface area contributed by atoms with Crippen LogP contribution in [0.3, 0.4) is 0 Å². The van der Waals surface area contributed by atoms with Crippen LogP contribution in [0.2, 0.25) is 0 Å². The van der Waals surface area contributed by atoms with E-state index < -0.39 is 6.17 Å². The molecular weight excluding hydrogens is 143 g/mol. The lowest BCUT2D eigenvalue weighted by Gasteiger charge is -2.22. The molecule has 1 aliphatic rings. The minimum Gasteiger partial charge on any atom is -0.283 e. The average molecular weight is 156 g/mol. The molecule has 0 aromatic rings. The summed E-state index contributed by atoms with van der Waals surface area (Å²) in [5, 5.41) is 8.64. The normalized spacial score (nSPS) is 32.6. The molecule has 0 unspecified atom stereocenters. The summed E-state index contributed by atoms with van der Waals surface area (Å²) in [7, 11) is 0. The van der Waals surface area contributed by atoms with Crippen LogP contribution < -0.4 is 0 Å². The van der Waals surface area contributed by atoms with Crippen molar-refractivity contribution >= 4 is 0 Å². The molecule has 0 aliphatic carbocycles. The molecule has 2 nitrogen and oxygen atoms in total. The molecule has 1 heterocycles. The van der Waals surface area contributed by atoms with Gasteiger partial charge in [-0.25, -0.2) is 4.39 Å². The Hall–Kier alpha value is -0.620. The third-order valence-electron chi connectivity index (χ3n) is 2.10. The summed E-state index contributed by atoms with van der Waals surface area (Å²) in [5.74, 6) is 0. The van der Waals surface area contributed by atoms with Gasteiger partial charge in [0, 0.05) is 19.0 Å². The minimum atomic E-state index is -0.804. The molecule has 1 fully saturated rings. The van der Waals surface area contributed by atoms with Crippen molar-refractivity contribution in [2.45, 2.75) is 38.5 Å². The Balaban J connectivity index is 2.59. The van der Waals surface area contributed by atoms with Crippen LogP contribution in [-0.2, 0) is 0 Å². The van der Waals surface area contributed by atoms with Crippen molar-refractivity contribution in [3.63, 3.8) is 0 Å². The Labute approximate surface area is 66.6 Å². The Morgan fingerprint density at radius 3 is 2.64 bits per heavy atom. The van der Waals surface area contributed by atoms with Gasteiger partial charge in [-0.05, 0) is 13.8 Å². The first kappa shape index (κ1) is 8.48. The highest BCUT2D eigenvalue weighted by atomic mass is 19.1. The van der Waals surface area contributed by atoms with Crippen LogP contribution in [0.1, 0.15) is 20.3 Å². The summed E-state index contributed by atoms with van der Waals surface area (Å²) >= 11 is 0. The molecule has 0 radical (unpaired) electrons. The van der Waals surface area contributed by atoms with E-state index in [1.807, 2.05) is 18.7 Å². The van der Waals surface area contributed by atoms with Gasteiger partial charge in [0.2, 0.25) is 0 Å². The van der Waals surface area contributed by atoms with Crippen molar-refractivity contribution in [2.24, 2.45) is 0 Å². The van der Waals surface area contributed by atoms with Crippen LogP contribution in [0.25, 0.3) is 0 Å². The molecule has 62 valence electrons. The Bertz CT molecular complexity index is 173. The van der Waals surface area contributed by atoms with E-state index in [-0.39, 0.29) is 12.1 Å².